The summed E-state index contributed by atoms with van der Waals surface area (Å²) in [4.78, 5) is 12.2. The Labute approximate surface area is 104 Å². The molecule has 1 nitrogen and oxygen atoms in total. The standard InChI is InChI=1S/C16H22O/c1-10(2)16(11(3)4)9-15(17)13-7-6-12(5)8-14(13)16/h6-8,10-11H,9H2,1-5H3. The van der Waals surface area contributed by atoms with E-state index in [4.69, 9.17) is 0 Å². The van der Waals surface area contributed by atoms with Gasteiger partial charge in [-0.15, -0.1) is 0 Å². The average Bonchev–Trinajstić information content (AvgIpc) is 2.52. The maximum atomic E-state index is 12.2. The number of rotatable bonds is 2. The van der Waals surface area contributed by atoms with Crippen molar-refractivity contribution in [1.82, 2.24) is 0 Å². The summed E-state index contributed by atoms with van der Waals surface area (Å²) in [6.45, 7) is 11.1. The third-order valence-corrected chi connectivity index (χ3v) is 4.49. The summed E-state index contributed by atoms with van der Waals surface area (Å²) in [6.07, 6.45) is 0.682. The molecule has 0 radical (unpaired) electrons. The summed E-state index contributed by atoms with van der Waals surface area (Å²) in [5.41, 5.74) is 3.54. The number of benzene rings is 1. The number of ketones is 1. The number of hydrogen-bond acceptors (Lipinski definition) is 1. The van der Waals surface area contributed by atoms with Crippen molar-refractivity contribution in [2.24, 2.45) is 11.8 Å². The molecule has 0 bridgehead atoms. The molecule has 0 unspecified atom stereocenters. The number of aryl methyl sites for hydroxylation is 1. The molecule has 0 N–H and O–H groups in total. The topological polar surface area (TPSA) is 17.1 Å². The first-order chi connectivity index (χ1) is 7.89. The van der Waals surface area contributed by atoms with Crippen LogP contribution in [0, 0.1) is 18.8 Å². The maximum absolute atomic E-state index is 12.2. The van der Waals surface area contributed by atoms with Gasteiger partial charge in [-0.2, -0.15) is 0 Å². The molecule has 0 heterocycles. The van der Waals surface area contributed by atoms with Crippen molar-refractivity contribution < 1.29 is 4.79 Å². The quantitative estimate of drug-likeness (QED) is 0.746. The molecule has 0 fully saturated rings. The van der Waals surface area contributed by atoms with Crippen molar-refractivity contribution >= 4 is 5.78 Å². The van der Waals surface area contributed by atoms with E-state index in [2.05, 4.69) is 40.7 Å². The first kappa shape index (κ1) is 12.3. The van der Waals surface area contributed by atoms with E-state index in [0.29, 0.717) is 24.0 Å². The number of carbonyl (C=O) groups is 1. The number of Topliss-reactive ketones (excluding diaryl/α,β-unsaturated/α-hetero) is 1. The molecule has 2 rings (SSSR count). The van der Waals surface area contributed by atoms with Gasteiger partial charge in [-0.25, -0.2) is 0 Å². The fourth-order valence-electron chi connectivity index (χ4n) is 3.44. The molecule has 1 aliphatic rings. The van der Waals surface area contributed by atoms with Gasteiger partial charge < -0.3 is 0 Å². The Morgan fingerprint density at radius 3 is 2.24 bits per heavy atom. The molecule has 1 heteroatoms. The van der Waals surface area contributed by atoms with Gasteiger partial charge in [-0.3, -0.25) is 4.79 Å². The zero-order valence-corrected chi connectivity index (χ0v) is 11.5. The second-order valence-corrected chi connectivity index (χ2v) is 6.00. The van der Waals surface area contributed by atoms with Crippen LogP contribution in [-0.2, 0) is 5.41 Å². The lowest BCUT2D eigenvalue weighted by Gasteiger charge is -2.38. The predicted octanol–water partition coefficient (Wildman–Crippen LogP) is 4.13. The minimum atomic E-state index is 0.0401. The van der Waals surface area contributed by atoms with E-state index >= 15 is 0 Å². The van der Waals surface area contributed by atoms with E-state index in [1.807, 2.05) is 12.1 Å². The second-order valence-electron chi connectivity index (χ2n) is 6.00. The molecule has 1 aliphatic carbocycles. The third-order valence-electron chi connectivity index (χ3n) is 4.49. The highest BCUT2D eigenvalue weighted by Gasteiger charge is 2.47. The molecule has 17 heavy (non-hydrogen) atoms. The largest absolute Gasteiger partial charge is 0.294 e. The van der Waals surface area contributed by atoms with Gasteiger partial charge >= 0.3 is 0 Å². The summed E-state index contributed by atoms with van der Waals surface area (Å²) in [5.74, 6) is 1.31. The van der Waals surface area contributed by atoms with Crippen LogP contribution < -0.4 is 0 Å². The van der Waals surface area contributed by atoms with E-state index in [9.17, 15) is 4.79 Å². The molecular formula is C16H22O. The average molecular weight is 230 g/mol. The Bertz CT molecular complexity index is 447. The molecule has 0 saturated heterocycles. The predicted molar refractivity (Wildman–Crippen MR) is 71.5 cm³/mol. The summed E-state index contributed by atoms with van der Waals surface area (Å²) in [5, 5.41) is 0. The Morgan fingerprint density at radius 2 is 1.71 bits per heavy atom. The van der Waals surface area contributed by atoms with Crippen molar-refractivity contribution in [3.63, 3.8) is 0 Å². The van der Waals surface area contributed by atoms with Gasteiger partial charge in [0.05, 0.1) is 0 Å². The summed E-state index contributed by atoms with van der Waals surface area (Å²) >= 11 is 0. The number of fused-ring (bicyclic) bond motifs is 1. The van der Waals surface area contributed by atoms with Crippen LogP contribution in [0.15, 0.2) is 18.2 Å². The zero-order chi connectivity index (χ0) is 12.8. The first-order valence-electron chi connectivity index (χ1n) is 6.54. The second kappa shape index (κ2) is 3.97. The molecule has 0 amide bonds. The molecular weight excluding hydrogens is 208 g/mol. The van der Waals surface area contributed by atoms with E-state index in [0.717, 1.165) is 5.56 Å². The van der Waals surface area contributed by atoms with E-state index in [-0.39, 0.29) is 5.41 Å². The van der Waals surface area contributed by atoms with Crippen molar-refractivity contribution in [3.8, 4) is 0 Å². The Morgan fingerprint density at radius 1 is 1.12 bits per heavy atom. The monoisotopic (exact) mass is 230 g/mol. The fourth-order valence-corrected chi connectivity index (χ4v) is 3.44. The smallest absolute Gasteiger partial charge is 0.164 e. The first-order valence-corrected chi connectivity index (χ1v) is 6.54. The van der Waals surface area contributed by atoms with Crippen molar-refractivity contribution in [2.45, 2.75) is 46.5 Å². The zero-order valence-electron chi connectivity index (χ0n) is 11.5. The van der Waals surface area contributed by atoms with Gasteiger partial charge in [0.2, 0.25) is 0 Å². The normalized spacial score (nSPS) is 17.9. The number of carbonyl (C=O) groups excluding carboxylic acids is 1. The summed E-state index contributed by atoms with van der Waals surface area (Å²) in [6, 6.07) is 6.28. The van der Waals surface area contributed by atoms with Crippen LogP contribution in [0.5, 0.6) is 0 Å². The molecule has 0 atom stereocenters. The highest BCUT2D eigenvalue weighted by molar-refractivity contribution is 6.02. The summed E-state index contributed by atoms with van der Waals surface area (Å²) in [7, 11) is 0. The Balaban J connectivity index is 2.68. The van der Waals surface area contributed by atoms with E-state index < -0.39 is 0 Å². The highest BCUT2D eigenvalue weighted by Crippen LogP contribution is 2.49. The molecule has 0 aliphatic heterocycles. The minimum absolute atomic E-state index is 0.0401. The lowest BCUT2D eigenvalue weighted by Crippen LogP contribution is -2.36. The van der Waals surface area contributed by atoms with Crippen molar-refractivity contribution in [1.29, 1.82) is 0 Å². The molecule has 0 aromatic heterocycles. The van der Waals surface area contributed by atoms with Crippen LogP contribution in [-0.4, -0.2) is 5.78 Å². The number of hydrogen-bond donors (Lipinski definition) is 0. The SMILES string of the molecule is Cc1ccc2c(c1)C(C(C)C)(C(C)C)CC2=O. The van der Waals surface area contributed by atoms with Crippen LogP contribution in [0.2, 0.25) is 0 Å². The van der Waals surface area contributed by atoms with Crippen LogP contribution in [0.25, 0.3) is 0 Å². The van der Waals surface area contributed by atoms with Crippen LogP contribution in [0.1, 0.15) is 55.6 Å². The Hall–Kier alpha value is -1.11. The lowest BCUT2D eigenvalue weighted by atomic mass is 9.65. The Kier molecular flexibility index (Phi) is 2.89. The van der Waals surface area contributed by atoms with Crippen molar-refractivity contribution in [3.05, 3.63) is 34.9 Å². The molecule has 0 saturated carbocycles. The third kappa shape index (κ3) is 1.64. The summed E-state index contributed by atoms with van der Waals surface area (Å²) < 4.78 is 0. The molecule has 92 valence electrons. The lowest BCUT2D eigenvalue weighted by molar-refractivity contribution is 0.0935. The van der Waals surface area contributed by atoms with E-state index in [1.54, 1.807) is 0 Å². The molecule has 1 aromatic rings. The van der Waals surface area contributed by atoms with Gasteiger partial charge in [-0.1, -0.05) is 51.5 Å². The maximum Gasteiger partial charge on any atom is 0.164 e. The molecule has 1 aromatic carbocycles. The fraction of sp³-hybridized carbons (Fsp3) is 0.562. The minimum Gasteiger partial charge on any atom is -0.294 e. The highest BCUT2D eigenvalue weighted by atomic mass is 16.1. The van der Waals surface area contributed by atoms with Crippen LogP contribution in [0.3, 0.4) is 0 Å². The van der Waals surface area contributed by atoms with Gasteiger partial charge in [0.25, 0.3) is 0 Å². The van der Waals surface area contributed by atoms with Crippen LogP contribution >= 0.6 is 0 Å². The van der Waals surface area contributed by atoms with Gasteiger partial charge in [0, 0.05) is 17.4 Å². The van der Waals surface area contributed by atoms with E-state index in [1.165, 1.54) is 11.1 Å². The van der Waals surface area contributed by atoms with Gasteiger partial charge in [0.15, 0.2) is 5.78 Å². The molecule has 0 spiro atoms. The van der Waals surface area contributed by atoms with Crippen LogP contribution in [0.4, 0.5) is 0 Å². The van der Waals surface area contributed by atoms with Gasteiger partial charge in [0.1, 0.15) is 0 Å². The van der Waals surface area contributed by atoms with Crippen molar-refractivity contribution in [2.75, 3.05) is 0 Å². The van der Waals surface area contributed by atoms with Gasteiger partial charge in [-0.05, 0) is 24.3 Å².